The van der Waals surface area contributed by atoms with E-state index in [4.69, 9.17) is 0 Å². The van der Waals surface area contributed by atoms with E-state index in [1.54, 1.807) is 7.05 Å². The molecule has 2 aliphatic rings. The van der Waals surface area contributed by atoms with Crippen LogP contribution in [0.1, 0.15) is 32.1 Å². The number of guanidine groups is 1. The van der Waals surface area contributed by atoms with Crippen LogP contribution in [0.15, 0.2) is 4.99 Å². The molecule has 136 valence electrons. The zero-order valence-corrected chi connectivity index (χ0v) is 17.2. The molecule has 0 aromatic rings. The van der Waals surface area contributed by atoms with Crippen LogP contribution < -0.4 is 15.4 Å². The second-order valence-electron chi connectivity index (χ2n) is 6.23. The molecule has 0 amide bonds. The summed E-state index contributed by atoms with van der Waals surface area (Å²) in [5.74, 6) is 0.744. The molecule has 0 radical (unpaired) electrons. The van der Waals surface area contributed by atoms with E-state index in [2.05, 4.69) is 25.2 Å². The Balaban J connectivity index is 0.00000264. The molecule has 1 aliphatic carbocycles. The molecule has 0 aromatic carbocycles. The second-order valence-corrected chi connectivity index (χ2v) is 8.06. The molecule has 9 heteroatoms. The zero-order chi connectivity index (χ0) is 16.0. The lowest BCUT2D eigenvalue weighted by molar-refractivity contribution is 0.242. The first kappa shape index (κ1) is 20.9. The van der Waals surface area contributed by atoms with Crippen molar-refractivity contribution in [2.45, 2.75) is 44.2 Å². The Hall–Kier alpha value is -0.130. The lowest BCUT2D eigenvalue weighted by Crippen LogP contribution is -2.47. The zero-order valence-electron chi connectivity index (χ0n) is 14.0. The molecule has 3 N–H and O–H groups in total. The average molecular weight is 459 g/mol. The highest BCUT2D eigenvalue weighted by atomic mass is 127. The molecule has 7 nitrogen and oxygen atoms in total. The quantitative estimate of drug-likeness (QED) is 0.231. The Morgan fingerprint density at radius 2 is 1.91 bits per heavy atom. The maximum atomic E-state index is 11.0. The normalized spacial score (nSPS) is 23.7. The summed E-state index contributed by atoms with van der Waals surface area (Å²) in [7, 11) is -1.39. The van der Waals surface area contributed by atoms with Crippen molar-refractivity contribution in [3.05, 3.63) is 0 Å². The fraction of sp³-hybridized carbons (Fsp3) is 0.929. The van der Waals surface area contributed by atoms with Gasteiger partial charge in [0.1, 0.15) is 0 Å². The molecule has 1 aliphatic heterocycles. The van der Waals surface area contributed by atoms with E-state index in [1.165, 1.54) is 25.7 Å². The van der Waals surface area contributed by atoms with E-state index < -0.39 is 10.0 Å². The van der Waals surface area contributed by atoms with E-state index in [1.807, 2.05) is 0 Å². The summed E-state index contributed by atoms with van der Waals surface area (Å²) in [5, 5.41) is 6.58. The maximum Gasteiger partial charge on any atom is 0.208 e. The average Bonchev–Trinajstić information content (AvgIpc) is 3.11. The minimum Gasteiger partial charge on any atom is -0.355 e. The van der Waals surface area contributed by atoms with Gasteiger partial charge in [-0.15, -0.1) is 24.0 Å². The third-order valence-corrected chi connectivity index (χ3v) is 5.14. The lowest BCUT2D eigenvalue weighted by Gasteiger charge is -2.24. The number of aliphatic imine (C=N–C) groups is 1. The highest BCUT2D eigenvalue weighted by molar-refractivity contribution is 14.0. The third kappa shape index (κ3) is 7.53. The van der Waals surface area contributed by atoms with E-state index in [9.17, 15) is 8.42 Å². The van der Waals surface area contributed by atoms with Gasteiger partial charge in [0.15, 0.2) is 5.96 Å². The van der Waals surface area contributed by atoms with Gasteiger partial charge in [0, 0.05) is 45.3 Å². The molecule has 0 aromatic heterocycles. The van der Waals surface area contributed by atoms with E-state index in [-0.39, 0.29) is 24.0 Å². The van der Waals surface area contributed by atoms with Crippen molar-refractivity contribution in [3.63, 3.8) is 0 Å². The maximum absolute atomic E-state index is 11.0. The van der Waals surface area contributed by atoms with Crippen molar-refractivity contribution < 1.29 is 8.42 Å². The molecule has 0 bridgehead atoms. The standard InChI is InChI=1S/C14H29N5O2S.HI/c1-15-14(16-8-9-17-22(2,20)21)18-12-7-10-19(11-12)13-5-3-4-6-13;/h12-13,17H,3-11H2,1-2H3,(H2,15,16,18);1H. The largest absolute Gasteiger partial charge is 0.355 e. The van der Waals surface area contributed by atoms with Gasteiger partial charge in [0.25, 0.3) is 0 Å². The van der Waals surface area contributed by atoms with Gasteiger partial charge in [-0.05, 0) is 19.3 Å². The van der Waals surface area contributed by atoms with Gasteiger partial charge in [0.2, 0.25) is 10.0 Å². The van der Waals surface area contributed by atoms with Gasteiger partial charge in [-0.1, -0.05) is 12.8 Å². The Morgan fingerprint density at radius 1 is 1.22 bits per heavy atom. The van der Waals surface area contributed by atoms with Crippen LogP contribution in [0.5, 0.6) is 0 Å². The molecular formula is C14H30IN5O2S. The topological polar surface area (TPSA) is 85.8 Å². The van der Waals surface area contributed by atoms with E-state index in [0.29, 0.717) is 19.1 Å². The van der Waals surface area contributed by atoms with Gasteiger partial charge < -0.3 is 10.6 Å². The first-order chi connectivity index (χ1) is 10.5. The van der Waals surface area contributed by atoms with Crippen molar-refractivity contribution in [2.75, 3.05) is 39.5 Å². The second kappa shape index (κ2) is 10.00. The van der Waals surface area contributed by atoms with Gasteiger partial charge in [-0.25, -0.2) is 13.1 Å². The van der Waals surface area contributed by atoms with Gasteiger partial charge in [-0.3, -0.25) is 9.89 Å². The van der Waals surface area contributed by atoms with Crippen molar-refractivity contribution in [3.8, 4) is 0 Å². The summed E-state index contributed by atoms with van der Waals surface area (Å²) in [6.07, 6.45) is 7.73. The van der Waals surface area contributed by atoms with Crippen molar-refractivity contribution >= 4 is 40.0 Å². The van der Waals surface area contributed by atoms with Crippen molar-refractivity contribution in [1.29, 1.82) is 0 Å². The van der Waals surface area contributed by atoms with Crippen LogP contribution in [0.3, 0.4) is 0 Å². The van der Waals surface area contributed by atoms with Crippen LogP contribution >= 0.6 is 24.0 Å². The van der Waals surface area contributed by atoms with Crippen LogP contribution in [0.2, 0.25) is 0 Å². The number of nitrogens with one attached hydrogen (secondary N) is 3. The summed E-state index contributed by atoms with van der Waals surface area (Å²) in [6, 6.07) is 1.20. The Labute approximate surface area is 157 Å². The van der Waals surface area contributed by atoms with Crippen LogP contribution in [-0.2, 0) is 10.0 Å². The number of nitrogens with zero attached hydrogens (tertiary/aromatic N) is 2. The smallest absolute Gasteiger partial charge is 0.208 e. The number of hydrogen-bond acceptors (Lipinski definition) is 4. The molecular weight excluding hydrogens is 429 g/mol. The highest BCUT2D eigenvalue weighted by Crippen LogP contribution is 2.26. The lowest BCUT2D eigenvalue weighted by atomic mass is 10.2. The van der Waals surface area contributed by atoms with Crippen LogP contribution in [-0.4, -0.2) is 70.8 Å². The minimum absolute atomic E-state index is 0. The molecule has 1 unspecified atom stereocenters. The van der Waals surface area contributed by atoms with Crippen molar-refractivity contribution in [1.82, 2.24) is 20.3 Å². The fourth-order valence-corrected chi connectivity index (χ4v) is 3.78. The van der Waals surface area contributed by atoms with Crippen LogP contribution in [0.4, 0.5) is 0 Å². The van der Waals surface area contributed by atoms with Gasteiger partial charge >= 0.3 is 0 Å². The number of likely N-dealkylation sites (tertiary alicyclic amines) is 1. The Bertz CT molecular complexity index is 480. The predicted octanol–water partition coefficient (Wildman–Crippen LogP) is 0.336. The highest BCUT2D eigenvalue weighted by Gasteiger charge is 2.30. The molecule has 2 rings (SSSR count). The monoisotopic (exact) mass is 459 g/mol. The predicted molar refractivity (Wildman–Crippen MR) is 105 cm³/mol. The molecule has 23 heavy (non-hydrogen) atoms. The van der Waals surface area contributed by atoms with Crippen LogP contribution in [0.25, 0.3) is 0 Å². The van der Waals surface area contributed by atoms with Crippen LogP contribution in [0, 0.1) is 0 Å². The van der Waals surface area contributed by atoms with Gasteiger partial charge in [0.05, 0.1) is 6.26 Å². The Morgan fingerprint density at radius 3 is 2.52 bits per heavy atom. The minimum atomic E-state index is -3.12. The molecule has 0 spiro atoms. The summed E-state index contributed by atoms with van der Waals surface area (Å²) in [4.78, 5) is 6.81. The van der Waals surface area contributed by atoms with Crippen molar-refractivity contribution in [2.24, 2.45) is 4.99 Å². The number of sulfonamides is 1. The third-order valence-electron chi connectivity index (χ3n) is 4.41. The number of halogens is 1. The summed E-state index contributed by atoms with van der Waals surface area (Å²) >= 11 is 0. The first-order valence-electron chi connectivity index (χ1n) is 8.14. The molecule has 1 atom stereocenters. The summed E-state index contributed by atoms with van der Waals surface area (Å²) in [5.41, 5.74) is 0. The van der Waals surface area contributed by atoms with Gasteiger partial charge in [-0.2, -0.15) is 0 Å². The summed E-state index contributed by atoms with van der Waals surface area (Å²) in [6.45, 7) is 3.12. The molecule has 2 fully saturated rings. The first-order valence-corrected chi connectivity index (χ1v) is 10.0. The Kier molecular flexibility index (Phi) is 9.09. The molecule has 1 saturated heterocycles. The summed E-state index contributed by atoms with van der Waals surface area (Å²) < 4.78 is 24.4. The van der Waals surface area contributed by atoms with E-state index >= 15 is 0 Å². The molecule has 1 heterocycles. The molecule has 1 saturated carbocycles. The fourth-order valence-electron chi connectivity index (χ4n) is 3.31. The van der Waals surface area contributed by atoms with E-state index in [0.717, 1.165) is 37.8 Å². The number of rotatable bonds is 6. The number of hydrogen-bond donors (Lipinski definition) is 3. The SMILES string of the molecule is CN=C(NCCNS(C)(=O)=O)NC1CCN(C2CCCC2)C1.I.